The van der Waals surface area contributed by atoms with E-state index in [0.29, 0.717) is 17.0 Å². The molecule has 1 N–H and O–H groups in total. The first-order valence-electron chi connectivity index (χ1n) is 8.34. The molecule has 3 aromatic rings. The lowest BCUT2D eigenvalue weighted by molar-refractivity contribution is 0.0998. The maximum absolute atomic E-state index is 12.8. The van der Waals surface area contributed by atoms with Gasteiger partial charge in [-0.05, 0) is 46.3 Å². The van der Waals surface area contributed by atoms with E-state index >= 15 is 0 Å². The second kappa shape index (κ2) is 7.57. The van der Waals surface area contributed by atoms with Crippen molar-refractivity contribution in [2.24, 2.45) is 0 Å². The molecule has 0 spiro atoms. The van der Waals surface area contributed by atoms with Gasteiger partial charge in [0.05, 0.1) is 20.7 Å². The Balaban J connectivity index is 2.01. The highest BCUT2D eigenvalue weighted by Crippen LogP contribution is 2.31. The first kappa shape index (κ1) is 20.4. The summed E-state index contributed by atoms with van der Waals surface area (Å²) in [5.74, 6) is -0.335. The molecule has 0 fully saturated rings. The van der Waals surface area contributed by atoms with Crippen molar-refractivity contribution in [2.75, 3.05) is 38.4 Å². The number of carbonyl (C=O) groups is 1. The van der Waals surface area contributed by atoms with Gasteiger partial charge in [0.15, 0.2) is 5.76 Å². The minimum Gasteiger partial charge on any atom is -0.450 e. The van der Waals surface area contributed by atoms with E-state index in [1.807, 2.05) is 32.3 Å². The van der Waals surface area contributed by atoms with E-state index in [-0.39, 0.29) is 10.7 Å². The minimum atomic E-state index is -3.63. The number of benzene rings is 2. The Morgan fingerprint density at radius 3 is 2.39 bits per heavy atom. The van der Waals surface area contributed by atoms with E-state index in [9.17, 15) is 13.2 Å². The minimum absolute atomic E-state index is 0.0887. The quantitative estimate of drug-likeness (QED) is 0.619. The number of anilines is 2. The fourth-order valence-electron chi connectivity index (χ4n) is 2.70. The summed E-state index contributed by atoms with van der Waals surface area (Å²) in [6.07, 6.45) is 0. The highest BCUT2D eigenvalue weighted by molar-refractivity contribution is 9.10. The van der Waals surface area contributed by atoms with Gasteiger partial charge in [-0.15, -0.1) is 0 Å². The van der Waals surface area contributed by atoms with Crippen LogP contribution in [0.4, 0.5) is 11.4 Å². The monoisotopic (exact) mass is 465 g/mol. The topological polar surface area (TPSA) is 82.9 Å². The molecular formula is C19H20BrN3O4S. The van der Waals surface area contributed by atoms with Gasteiger partial charge in [-0.25, -0.2) is 12.7 Å². The van der Waals surface area contributed by atoms with Crippen molar-refractivity contribution >= 4 is 54.2 Å². The third-order valence-electron chi connectivity index (χ3n) is 4.20. The maximum Gasteiger partial charge on any atom is 0.291 e. The molecule has 0 aliphatic heterocycles. The zero-order valence-corrected chi connectivity index (χ0v) is 18.3. The van der Waals surface area contributed by atoms with Gasteiger partial charge in [-0.3, -0.25) is 4.79 Å². The third-order valence-corrected chi connectivity index (χ3v) is 6.63. The van der Waals surface area contributed by atoms with Crippen LogP contribution in [0, 0.1) is 0 Å². The summed E-state index contributed by atoms with van der Waals surface area (Å²) in [6.45, 7) is 0. The van der Waals surface area contributed by atoms with E-state index in [2.05, 4.69) is 21.2 Å². The van der Waals surface area contributed by atoms with Crippen LogP contribution in [0.25, 0.3) is 11.0 Å². The summed E-state index contributed by atoms with van der Waals surface area (Å²) in [7, 11) is 2.90. The largest absolute Gasteiger partial charge is 0.450 e. The number of furan rings is 1. The molecule has 1 aromatic heterocycles. The molecular weight excluding hydrogens is 446 g/mol. The number of para-hydroxylation sites is 1. The lowest BCUT2D eigenvalue weighted by atomic mass is 10.2. The summed E-state index contributed by atoms with van der Waals surface area (Å²) >= 11 is 3.40. The molecule has 0 aliphatic rings. The van der Waals surface area contributed by atoms with E-state index in [4.69, 9.17) is 4.42 Å². The Kier molecular flexibility index (Phi) is 5.51. The van der Waals surface area contributed by atoms with E-state index in [0.717, 1.165) is 14.2 Å². The molecule has 1 heterocycles. The van der Waals surface area contributed by atoms with Crippen LogP contribution in [-0.4, -0.2) is 46.8 Å². The summed E-state index contributed by atoms with van der Waals surface area (Å²) in [5, 5.41) is 3.56. The van der Waals surface area contributed by atoms with Crippen LogP contribution in [0.15, 0.2) is 56.2 Å². The molecule has 9 heteroatoms. The highest BCUT2D eigenvalue weighted by atomic mass is 79.9. The lowest BCUT2D eigenvalue weighted by Crippen LogP contribution is -2.23. The van der Waals surface area contributed by atoms with Crippen LogP contribution in [0.3, 0.4) is 0 Å². The summed E-state index contributed by atoms with van der Waals surface area (Å²) in [5.41, 5.74) is 1.62. The summed E-state index contributed by atoms with van der Waals surface area (Å²) in [6, 6.07) is 11.8. The third kappa shape index (κ3) is 3.78. The average Bonchev–Trinajstić information content (AvgIpc) is 3.07. The van der Waals surface area contributed by atoms with Crippen molar-refractivity contribution < 1.29 is 17.6 Å². The van der Waals surface area contributed by atoms with Gasteiger partial charge in [-0.2, -0.15) is 0 Å². The standard InChI is InChI=1S/C19H20BrN3O4S/c1-22(2)16-9-8-13(28(25,26)23(3)4)11-15(16)21-19(24)17-10-12-6-5-7-14(20)18(12)27-17/h5-11H,1-4H3,(H,21,24). The Labute approximate surface area is 172 Å². The van der Waals surface area contributed by atoms with Gasteiger partial charge >= 0.3 is 0 Å². The number of nitrogens with zero attached hydrogens (tertiary/aromatic N) is 2. The van der Waals surface area contributed by atoms with Crippen molar-refractivity contribution in [3.05, 3.63) is 52.7 Å². The summed E-state index contributed by atoms with van der Waals surface area (Å²) < 4.78 is 32.4. The Hall–Kier alpha value is -2.36. The van der Waals surface area contributed by atoms with Crippen molar-refractivity contribution in [2.45, 2.75) is 4.90 Å². The van der Waals surface area contributed by atoms with E-state index in [1.54, 1.807) is 17.0 Å². The number of amides is 1. The van der Waals surface area contributed by atoms with Crippen LogP contribution < -0.4 is 10.2 Å². The second-order valence-electron chi connectivity index (χ2n) is 6.58. The second-order valence-corrected chi connectivity index (χ2v) is 9.59. The first-order valence-corrected chi connectivity index (χ1v) is 10.6. The van der Waals surface area contributed by atoms with Crippen LogP contribution >= 0.6 is 15.9 Å². The first-order chi connectivity index (χ1) is 13.1. The van der Waals surface area contributed by atoms with Gasteiger partial charge in [0.25, 0.3) is 5.91 Å². The Bertz CT molecular complexity index is 1150. The summed E-state index contributed by atoms with van der Waals surface area (Å²) in [4.78, 5) is 14.6. The number of fused-ring (bicyclic) bond motifs is 1. The molecule has 0 radical (unpaired) electrons. The molecule has 0 atom stereocenters. The number of hydrogen-bond acceptors (Lipinski definition) is 5. The molecule has 0 aliphatic carbocycles. The zero-order valence-electron chi connectivity index (χ0n) is 15.9. The van der Waals surface area contributed by atoms with Crippen LogP contribution in [0.1, 0.15) is 10.6 Å². The Morgan fingerprint density at radius 1 is 1.07 bits per heavy atom. The molecule has 0 saturated carbocycles. The normalized spacial score (nSPS) is 11.8. The molecule has 1 amide bonds. The lowest BCUT2D eigenvalue weighted by Gasteiger charge is -2.20. The molecule has 28 heavy (non-hydrogen) atoms. The SMILES string of the molecule is CN(C)c1ccc(S(=O)(=O)N(C)C)cc1NC(=O)c1cc2cccc(Br)c2o1. The number of hydrogen-bond donors (Lipinski definition) is 1. The fraction of sp³-hybridized carbons (Fsp3) is 0.211. The van der Waals surface area contributed by atoms with Crippen molar-refractivity contribution in [3.8, 4) is 0 Å². The zero-order chi connectivity index (χ0) is 20.6. The predicted octanol–water partition coefficient (Wildman–Crippen LogP) is 3.76. The molecule has 0 unspecified atom stereocenters. The average molecular weight is 466 g/mol. The number of halogens is 1. The molecule has 148 valence electrons. The molecule has 0 bridgehead atoms. The van der Waals surface area contributed by atoms with Crippen LogP contribution in [0.5, 0.6) is 0 Å². The number of carbonyl (C=O) groups excluding carboxylic acids is 1. The Morgan fingerprint density at radius 2 is 1.79 bits per heavy atom. The number of nitrogens with one attached hydrogen (secondary N) is 1. The van der Waals surface area contributed by atoms with Gasteiger partial charge in [0.2, 0.25) is 10.0 Å². The predicted molar refractivity (Wildman–Crippen MR) is 114 cm³/mol. The number of sulfonamides is 1. The van der Waals surface area contributed by atoms with E-state index < -0.39 is 15.9 Å². The van der Waals surface area contributed by atoms with Gasteiger partial charge in [0.1, 0.15) is 5.58 Å². The molecule has 3 rings (SSSR count). The maximum atomic E-state index is 12.8. The van der Waals surface area contributed by atoms with Crippen molar-refractivity contribution in [1.82, 2.24) is 4.31 Å². The van der Waals surface area contributed by atoms with Crippen molar-refractivity contribution in [3.63, 3.8) is 0 Å². The van der Waals surface area contributed by atoms with Crippen LogP contribution in [-0.2, 0) is 10.0 Å². The van der Waals surface area contributed by atoms with Crippen molar-refractivity contribution in [1.29, 1.82) is 0 Å². The van der Waals surface area contributed by atoms with Gasteiger partial charge in [-0.1, -0.05) is 12.1 Å². The van der Waals surface area contributed by atoms with Crippen LogP contribution in [0.2, 0.25) is 0 Å². The molecule has 2 aromatic carbocycles. The number of rotatable bonds is 5. The molecule has 7 nitrogen and oxygen atoms in total. The smallest absolute Gasteiger partial charge is 0.291 e. The van der Waals surface area contributed by atoms with E-state index in [1.165, 1.54) is 26.2 Å². The fourth-order valence-corrected chi connectivity index (χ4v) is 4.09. The highest BCUT2D eigenvalue weighted by Gasteiger charge is 2.21. The van der Waals surface area contributed by atoms with Gasteiger partial charge < -0.3 is 14.6 Å². The molecule has 0 saturated heterocycles. The van der Waals surface area contributed by atoms with Gasteiger partial charge in [0, 0.05) is 33.6 Å².